The molecule has 0 aromatic carbocycles. The first-order valence-electron chi connectivity index (χ1n) is 6.02. The van der Waals surface area contributed by atoms with Gasteiger partial charge in [0.15, 0.2) is 0 Å². The molecule has 94 valence electrons. The molecule has 0 aliphatic heterocycles. The average molecular weight is 237 g/mol. The van der Waals surface area contributed by atoms with E-state index in [9.17, 15) is 4.79 Å². The van der Waals surface area contributed by atoms with E-state index in [4.69, 9.17) is 4.74 Å². The van der Waals surface area contributed by atoms with Gasteiger partial charge in [0.2, 0.25) is 0 Å². The molecule has 1 N–H and O–H groups in total. The molecule has 5 nitrogen and oxygen atoms in total. The molecule has 0 radical (unpaired) electrons. The van der Waals surface area contributed by atoms with Crippen molar-refractivity contribution in [3.63, 3.8) is 0 Å². The molecule has 5 heteroatoms. The van der Waals surface area contributed by atoms with Gasteiger partial charge in [0.1, 0.15) is 11.6 Å². The van der Waals surface area contributed by atoms with Crippen LogP contribution in [-0.4, -0.2) is 36.8 Å². The Labute approximate surface area is 101 Å². The lowest BCUT2D eigenvalue weighted by molar-refractivity contribution is 0.131. The molecule has 1 saturated carbocycles. The fourth-order valence-corrected chi connectivity index (χ4v) is 1.61. The zero-order valence-corrected chi connectivity index (χ0v) is 10.4. The molecule has 1 aliphatic rings. The first-order valence-corrected chi connectivity index (χ1v) is 6.02. The summed E-state index contributed by atoms with van der Waals surface area (Å²) in [6.07, 6.45) is 2.62. The van der Waals surface area contributed by atoms with E-state index in [1.54, 1.807) is 6.92 Å². The first-order chi connectivity index (χ1) is 8.15. The van der Waals surface area contributed by atoms with Crippen LogP contribution in [0.1, 0.15) is 18.7 Å². The summed E-state index contributed by atoms with van der Waals surface area (Å²) < 4.78 is 5.55. The molecular formula is C12H19N3O2. The standard InChI is InChI=1S/C12H19N3O2/c1-9-13-11(7-12(16)14-9)15(2)5-6-17-8-10-3-4-10/h7,10H,3-6,8H2,1-2H3,(H,13,14,16). The van der Waals surface area contributed by atoms with E-state index in [2.05, 4.69) is 9.97 Å². The zero-order valence-electron chi connectivity index (χ0n) is 10.4. The van der Waals surface area contributed by atoms with Crippen molar-refractivity contribution < 1.29 is 4.74 Å². The molecule has 0 amide bonds. The van der Waals surface area contributed by atoms with Crippen molar-refractivity contribution >= 4 is 5.82 Å². The van der Waals surface area contributed by atoms with Crippen molar-refractivity contribution in [2.45, 2.75) is 19.8 Å². The molecule has 1 aromatic heterocycles. The van der Waals surface area contributed by atoms with Crippen molar-refractivity contribution in [2.24, 2.45) is 5.92 Å². The normalized spacial score (nSPS) is 14.9. The van der Waals surface area contributed by atoms with Crippen LogP contribution in [0.2, 0.25) is 0 Å². The number of rotatable bonds is 6. The first kappa shape index (κ1) is 12.1. The van der Waals surface area contributed by atoms with Gasteiger partial charge in [-0.05, 0) is 25.7 Å². The van der Waals surface area contributed by atoms with Crippen LogP contribution >= 0.6 is 0 Å². The highest BCUT2D eigenvalue weighted by atomic mass is 16.5. The molecule has 0 spiro atoms. The Hall–Kier alpha value is -1.36. The Bertz CT molecular complexity index is 426. The van der Waals surface area contributed by atoms with Crippen LogP contribution in [0, 0.1) is 12.8 Å². The second kappa shape index (κ2) is 5.31. The van der Waals surface area contributed by atoms with Gasteiger partial charge in [0, 0.05) is 26.3 Å². The number of aryl methyl sites for hydroxylation is 1. The predicted molar refractivity (Wildman–Crippen MR) is 66.4 cm³/mol. The minimum atomic E-state index is -0.113. The van der Waals surface area contributed by atoms with E-state index >= 15 is 0 Å². The number of anilines is 1. The van der Waals surface area contributed by atoms with Crippen molar-refractivity contribution in [2.75, 3.05) is 31.7 Å². The van der Waals surface area contributed by atoms with E-state index in [0.29, 0.717) is 18.2 Å². The molecular weight excluding hydrogens is 218 g/mol. The van der Waals surface area contributed by atoms with Crippen LogP contribution in [0.15, 0.2) is 10.9 Å². The van der Waals surface area contributed by atoms with Gasteiger partial charge < -0.3 is 14.6 Å². The lowest BCUT2D eigenvalue weighted by Crippen LogP contribution is -2.26. The molecule has 0 bridgehead atoms. The highest BCUT2D eigenvalue weighted by Crippen LogP contribution is 2.28. The van der Waals surface area contributed by atoms with Crippen LogP contribution in [0.5, 0.6) is 0 Å². The third kappa shape index (κ3) is 3.85. The molecule has 1 fully saturated rings. The van der Waals surface area contributed by atoms with Crippen LogP contribution < -0.4 is 10.5 Å². The van der Waals surface area contributed by atoms with E-state index in [1.165, 1.54) is 18.9 Å². The molecule has 0 saturated heterocycles. The van der Waals surface area contributed by atoms with Gasteiger partial charge in [0.05, 0.1) is 6.61 Å². The number of hydrogen-bond donors (Lipinski definition) is 1. The number of aromatic nitrogens is 2. The summed E-state index contributed by atoms with van der Waals surface area (Å²) >= 11 is 0. The minimum Gasteiger partial charge on any atom is -0.379 e. The average Bonchev–Trinajstić information content (AvgIpc) is 3.06. The van der Waals surface area contributed by atoms with Gasteiger partial charge in [-0.1, -0.05) is 0 Å². The number of likely N-dealkylation sites (N-methyl/N-ethyl adjacent to an activating group) is 1. The van der Waals surface area contributed by atoms with E-state index in [0.717, 1.165) is 19.1 Å². The second-order valence-corrected chi connectivity index (χ2v) is 4.63. The summed E-state index contributed by atoms with van der Waals surface area (Å²) in [5.74, 6) is 2.12. The van der Waals surface area contributed by atoms with E-state index < -0.39 is 0 Å². The number of H-pyrrole nitrogens is 1. The molecule has 1 heterocycles. The van der Waals surface area contributed by atoms with Crippen molar-refractivity contribution in [1.29, 1.82) is 0 Å². The quantitative estimate of drug-likeness (QED) is 0.748. The molecule has 0 atom stereocenters. The summed E-state index contributed by atoms with van der Waals surface area (Å²) in [7, 11) is 1.92. The van der Waals surface area contributed by atoms with Crippen molar-refractivity contribution in [3.8, 4) is 0 Å². The van der Waals surface area contributed by atoms with E-state index in [-0.39, 0.29) is 5.56 Å². The fourth-order valence-electron chi connectivity index (χ4n) is 1.61. The number of nitrogens with one attached hydrogen (secondary N) is 1. The summed E-state index contributed by atoms with van der Waals surface area (Å²) in [5, 5.41) is 0. The number of ether oxygens (including phenoxy) is 1. The lowest BCUT2D eigenvalue weighted by atomic mass is 10.4. The van der Waals surface area contributed by atoms with Crippen molar-refractivity contribution in [1.82, 2.24) is 9.97 Å². The Balaban J connectivity index is 1.80. The maximum atomic E-state index is 11.3. The fraction of sp³-hybridized carbons (Fsp3) is 0.667. The van der Waals surface area contributed by atoms with Gasteiger partial charge in [-0.3, -0.25) is 4.79 Å². The maximum Gasteiger partial charge on any atom is 0.252 e. The minimum absolute atomic E-state index is 0.113. The monoisotopic (exact) mass is 237 g/mol. The Kier molecular flexibility index (Phi) is 3.78. The number of hydrogen-bond acceptors (Lipinski definition) is 4. The Morgan fingerprint density at radius 3 is 3.00 bits per heavy atom. The smallest absolute Gasteiger partial charge is 0.252 e. The van der Waals surface area contributed by atoms with Gasteiger partial charge in [-0.2, -0.15) is 0 Å². The van der Waals surface area contributed by atoms with E-state index in [1.807, 2.05) is 11.9 Å². The topological polar surface area (TPSA) is 58.2 Å². The van der Waals surface area contributed by atoms with Gasteiger partial charge in [-0.15, -0.1) is 0 Å². The third-order valence-corrected chi connectivity index (χ3v) is 2.86. The highest BCUT2D eigenvalue weighted by Gasteiger charge is 2.20. The predicted octanol–water partition coefficient (Wildman–Crippen LogP) is 0.941. The number of aromatic amines is 1. The maximum absolute atomic E-state index is 11.3. The van der Waals surface area contributed by atoms with Crippen LogP contribution in [-0.2, 0) is 4.74 Å². The van der Waals surface area contributed by atoms with Gasteiger partial charge in [0.25, 0.3) is 5.56 Å². The zero-order chi connectivity index (χ0) is 12.3. The summed E-state index contributed by atoms with van der Waals surface area (Å²) in [6, 6.07) is 1.51. The van der Waals surface area contributed by atoms with Crippen molar-refractivity contribution in [3.05, 3.63) is 22.2 Å². The van der Waals surface area contributed by atoms with Crippen LogP contribution in [0.4, 0.5) is 5.82 Å². The summed E-state index contributed by atoms with van der Waals surface area (Å²) in [6.45, 7) is 4.08. The molecule has 1 aliphatic carbocycles. The summed E-state index contributed by atoms with van der Waals surface area (Å²) in [5.41, 5.74) is -0.113. The van der Waals surface area contributed by atoms with Crippen LogP contribution in [0.3, 0.4) is 0 Å². The van der Waals surface area contributed by atoms with Gasteiger partial charge in [-0.25, -0.2) is 4.98 Å². The second-order valence-electron chi connectivity index (χ2n) is 4.63. The van der Waals surface area contributed by atoms with Gasteiger partial charge >= 0.3 is 0 Å². The SMILES string of the molecule is Cc1nc(N(C)CCOCC2CC2)cc(=O)[nH]1. The summed E-state index contributed by atoms with van der Waals surface area (Å²) in [4.78, 5) is 20.1. The largest absolute Gasteiger partial charge is 0.379 e. The van der Waals surface area contributed by atoms with Crippen LogP contribution in [0.25, 0.3) is 0 Å². The molecule has 17 heavy (non-hydrogen) atoms. The molecule has 1 aromatic rings. The highest BCUT2D eigenvalue weighted by molar-refractivity contribution is 5.35. The molecule has 2 rings (SSSR count). The molecule has 0 unspecified atom stereocenters. The Morgan fingerprint density at radius 1 is 1.59 bits per heavy atom. The lowest BCUT2D eigenvalue weighted by Gasteiger charge is -2.17. The Morgan fingerprint density at radius 2 is 2.35 bits per heavy atom. The third-order valence-electron chi connectivity index (χ3n) is 2.86. The number of nitrogens with zero attached hydrogens (tertiary/aromatic N) is 2.